The molecule has 0 saturated carbocycles. The van der Waals surface area contributed by atoms with Crippen molar-refractivity contribution in [3.05, 3.63) is 69.0 Å². The zero-order chi connectivity index (χ0) is 28.9. The molecule has 1 aliphatic rings. The summed E-state index contributed by atoms with van der Waals surface area (Å²) < 4.78 is 27.4. The smallest absolute Gasteiger partial charge is 0.410 e. The second-order valence-electron chi connectivity index (χ2n) is 10.3. The number of halogens is 3. The highest BCUT2D eigenvalue weighted by molar-refractivity contribution is 6.36. The minimum Gasteiger partial charge on any atom is -0.484 e. The number of likely N-dealkylation sites (tertiary alicyclic amines) is 1. The van der Waals surface area contributed by atoms with E-state index in [9.17, 15) is 14.4 Å². The van der Waals surface area contributed by atoms with E-state index >= 15 is 0 Å². The Hall–Kier alpha value is -3.24. The topological polar surface area (TPSA) is 115 Å². The lowest BCUT2D eigenvalue weighted by atomic mass is 10.1. The molecule has 3 N–H and O–H groups in total. The van der Waals surface area contributed by atoms with Crippen LogP contribution in [0.25, 0.3) is 5.57 Å². The first-order valence-electron chi connectivity index (χ1n) is 12.5. The summed E-state index contributed by atoms with van der Waals surface area (Å²) in [6, 6.07) is 2.66. The molecule has 3 rings (SSSR count). The minimum atomic E-state index is -0.740. The third-order valence-corrected chi connectivity index (χ3v) is 6.80. The largest absolute Gasteiger partial charge is 0.484 e. The number of hydrogen-bond donors (Lipinski definition) is 2. The lowest BCUT2D eigenvalue weighted by Crippen LogP contribution is -2.42. The van der Waals surface area contributed by atoms with Gasteiger partial charge in [-0.05, 0) is 65.7 Å². The number of amides is 1. The molecule has 212 valence electrons. The Labute approximate surface area is 237 Å². The van der Waals surface area contributed by atoms with Crippen LogP contribution in [0.15, 0.2) is 47.2 Å². The summed E-state index contributed by atoms with van der Waals surface area (Å²) in [6.45, 7) is 9.93. The molecule has 0 unspecified atom stereocenters. The van der Waals surface area contributed by atoms with E-state index < -0.39 is 17.5 Å². The summed E-state index contributed by atoms with van der Waals surface area (Å²) in [5.74, 6) is -0.360. The number of benzene rings is 1. The van der Waals surface area contributed by atoms with Crippen molar-refractivity contribution >= 4 is 41.1 Å². The summed E-state index contributed by atoms with van der Waals surface area (Å²) in [4.78, 5) is 14.1. The molecule has 0 radical (unpaired) electrons. The van der Waals surface area contributed by atoms with Crippen LogP contribution in [-0.4, -0.2) is 50.9 Å². The lowest BCUT2D eigenvalue weighted by Gasteiger charge is -2.33. The summed E-state index contributed by atoms with van der Waals surface area (Å²) in [5, 5.41) is 17.1. The van der Waals surface area contributed by atoms with Gasteiger partial charge < -0.3 is 25.3 Å². The normalized spacial score (nSPS) is 16.8. The average molecular weight is 583 g/mol. The van der Waals surface area contributed by atoms with E-state index in [0.29, 0.717) is 42.8 Å². The van der Waals surface area contributed by atoms with Gasteiger partial charge in [-0.2, -0.15) is 5.10 Å². The number of allylic oxidation sites excluding steroid dienone is 3. The third-order valence-electron chi connectivity index (χ3n) is 6.09. The number of carbonyl (C=O) groups is 1. The quantitative estimate of drug-likeness (QED) is 0.0936. The number of nitrogens with two attached hydrogens (primary N) is 1. The second-order valence-corrected chi connectivity index (χ2v) is 11.1. The van der Waals surface area contributed by atoms with E-state index in [2.05, 4.69) is 10.3 Å². The molecule has 9 nitrogen and oxygen atoms in total. The molecule has 12 heteroatoms. The van der Waals surface area contributed by atoms with Crippen LogP contribution in [0.4, 0.5) is 9.18 Å². The van der Waals surface area contributed by atoms with E-state index in [1.54, 1.807) is 31.0 Å². The SMILES string of the molecule is C\C(N)=C(/C=C(\C=N\O)c1cnn(C2CCN(C(=O)OC(C)(C)C)CC2)c1)O[C@H](C)c1c(Cl)ccc(F)c1Cl. The first-order valence-corrected chi connectivity index (χ1v) is 13.2. The van der Waals surface area contributed by atoms with Crippen LogP contribution in [-0.2, 0) is 9.47 Å². The van der Waals surface area contributed by atoms with Gasteiger partial charge in [0.1, 0.15) is 23.3 Å². The Kier molecular flexibility index (Phi) is 9.90. The maximum atomic E-state index is 14.1. The van der Waals surface area contributed by atoms with Crippen molar-refractivity contribution in [3.8, 4) is 0 Å². The zero-order valence-corrected chi connectivity index (χ0v) is 24.1. The van der Waals surface area contributed by atoms with Crippen LogP contribution in [0.3, 0.4) is 0 Å². The Bertz CT molecular complexity index is 1270. The van der Waals surface area contributed by atoms with Crippen LogP contribution in [0, 0.1) is 5.82 Å². The molecule has 2 aromatic rings. The van der Waals surface area contributed by atoms with Gasteiger partial charge in [0.05, 0.1) is 23.5 Å². The number of nitrogens with zero attached hydrogens (tertiary/aromatic N) is 4. The number of rotatable bonds is 7. The molecule has 1 aliphatic heterocycles. The number of carbonyl (C=O) groups excluding carboxylic acids is 1. The molecule has 1 atom stereocenters. The van der Waals surface area contributed by atoms with Crippen molar-refractivity contribution in [1.82, 2.24) is 14.7 Å². The zero-order valence-electron chi connectivity index (χ0n) is 22.6. The molecule has 39 heavy (non-hydrogen) atoms. The van der Waals surface area contributed by atoms with Crippen molar-refractivity contribution in [2.75, 3.05) is 13.1 Å². The van der Waals surface area contributed by atoms with Gasteiger partial charge in [-0.1, -0.05) is 28.4 Å². The monoisotopic (exact) mass is 581 g/mol. The molecule has 1 amide bonds. The molecule has 0 aliphatic carbocycles. The van der Waals surface area contributed by atoms with Crippen LogP contribution >= 0.6 is 23.2 Å². The average Bonchev–Trinajstić information content (AvgIpc) is 3.35. The molecule has 1 saturated heterocycles. The number of aromatic nitrogens is 2. The third kappa shape index (κ3) is 7.89. The fraction of sp³-hybridized carbons (Fsp3) is 0.444. The van der Waals surface area contributed by atoms with E-state index in [0.717, 1.165) is 0 Å². The Morgan fingerprint density at radius 1 is 1.31 bits per heavy atom. The van der Waals surface area contributed by atoms with Gasteiger partial charge in [0.15, 0.2) is 0 Å². The number of oxime groups is 1. The van der Waals surface area contributed by atoms with Crippen molar-refractivity contribution < 1.29 is 23.9 Å². The van der Waals surface area contributed by atoms with Gasteiger partial charge >= 0.3 is 6.09 Å². The Morgan fingerprint density at radius 2 is 1.97 bits per heavy atom. The number of piperidine rings is 1. The number of ether oxygens (including phenoxy) is 2. The standard InChI is InChI=1S/C27H34Cl2FN5O4/c1-16(31)23(38-17(2)24-21(28)6-7-22(30)25(24)29)12-18(14-33-37)19-13-32-35(15-19)20-8-10-34(11-9-20)26(36)39-27(3,4)5/h6-7,12-15,17,20,37H,8-11,31H2,1-5H3/b18-12+,23-16-,33-14+/t17-/m1/s1. The van der Waals surface area contributed by atoms with Gasteiger partial charge in [-0.25, -0.2) is 9.18 Å². The van der Waals surface area contributed by atoms with E-state index in [1.807, 2.05) is 31.6 Å². The minimum absolute atomic E-state index is 0.0737. The van der Waals surface area contributed by atoms with E-state index in [4.69, 9.17) is 38.4 Å². The molecule has 2 heterocycles. The van der Waals surface area contributed by atoms with Gasteiger partial charge in [-0.3, -0.25) is 4.68 Å². The molecule has 0 spiro atoms. The van der Waals surface area contributed by atoms with E-state index in [1.165, 1.54) is 18.3 Å². The molecule has 1 aromatic heterocycles. The summed E-state index contributed by atoms with van der Waals surface area (Å²) >= 11 is 12.4. The summed E-state index contributed by atoms with van der Waals surface area (Å²) in [6.07, 6.45) is 6.65. The number of hydrogen-bond acceptors (Lipinski definition) is 7. The fourth-order valence-corrected chi connectivity index (χ4v) is 4.81. The molecule has 1 fully saturated rings. The van der Waals surface area contributed by atoms with Gasteiger partial charge in [-0.15, -0.1) is 0 Å². The maximum Gasteiger partial charge on any atom is 0.410 e. The van der Waals surface area contributed by atoms with Crippen LogP contribution in [0.1, 0.15) is 70.7 Å². The molecular formula is C27H34Cl2FN5O4. The van der Waals surface area contributed by atoms with Crippen LogP contribution < -0.4 is 5.73 Å². The predicted octanol–water partition coefficient (Wildman–Crippen LogP) is 6.71. The highest BCUT2D eigenvalue weighted by Gasteiger charge is 2.28. The van der Waals surface area contributed by atoms with Gasteiger partial charge in [0.2, 0.25) is 0 Å². The molecule has 1 aromatic carbocycles. The predicted molar refractivity (Wildman–Crippen MR) is 149 cm³/mol. The van der Waals surface area contributed by atoms with Crippen molar-refractivity contribution in [3.63, 3.8) is 0 Å². The molecule has 0 bridgehead atoms. The molecular weight excluding hydrogens is 548 g/mol. The van der Waals surface area contributed by atoms with Crippen molar-refractivity contribution in [2.24, 2.45) is 10.9 Å². The van der Waals surface area contributed by atoms with E-state index in [-0.39, 0.29) is 33.5 Å². The summed E-state index contributed by atoms with van der Waals surface area (Å²) in [5.41, 5.74) is 7.28. The maximum absolute atomic E-state index is 14.1. The fourth-order valence-electron chi connectivity index (χ4n) is 4.13. The van der Waals surface area contributed by atoms with Crippen LogP contribution in [0.2, 0.25) is 10.0 Å². The van der Waals surface area contributed by atoms with Gasteiger partial charge in [0, 0.05) is 46.7 Å². The van der Waals surface area contributed by atoms with Crippen LogP contribution in [0.5, 0.6) is 0 Å². The highest BCUT2D eigenvalue weighted by Crippen LogP contribution is 2.36. The van der Waals surface area contributed by atoms with Crippen molar-refractivity contribution in [2.45, 2.75) is 65.2 Å². The second kappa shape index (κ2) is 12.7. The summed E-state index contributed by atoms with van der Waals surface area (Å²) in [7, 11) is 0. The Morgan fingerprint density at radius 3 is 2.56 bits per heavy atom. The first-order chi connectivity index (χ1) is 18.3. The Balaban J connectivity index is 1.78. The highest BCUT2D eigenvalue weighted by atomic mass is 35.5. The van der Waals surface area contributed by atoms with Crippen molar-refractivity contribution in [1.29, 1.82) is 0 Å². The van der Waals surface area contributed by atoms with Gasteiger partial charge in [0.25, 0.3) is 0 Å². The first kappa shape index (κ1) is 30.3. The lowest BCUT2D eigenvalue weighted by molar-refractivity contribution is 0.0184.